The predicted octanol–water partition coefficient (Wildman–Crippen LogP) is 3.33. The highest BCUT2D eigenvalue weighted by Crippen LogP contribution is 2.20. The molecule has 2 rings (SSSR count). The number of nitrogens with two attached hydrogens (primary N) is 1. The van der Waals surface area contributed by atoms with Crippen molar-refractivity contribution < 1.29 is 5.11 Å². The number of rotatable bonds is 4. The van der Waals surface area contributed by atoms with Gasteiger partial charge < -0.3 is 10.8 Å². The van der Waals surface area contributed by atoms with Gasteiger partial charge in [0.05, 0.1) is 12.1 Å². The molecule has 0 fully saturated rings. The van der Waals surface area contributed by atoms with Crippen LogP contribution in [0, 0.1) is 13.8 Å². The number of hydrogen-bond donors (Lipinski definition) is 2. The molecule has 0 heterocycles. The Morgan fingerprint density at radius 2 is 1.65 bits per heavy atom. The van der Waals surface area contributed by atoms with Crippen molar-refractivity contribution in [2.24, 2.45) is 5.73 Å². The van der Waals surface area contributed by atoms with Gasteiger partial charge in [0.25, 0.3) is 0 Å². The molecule has 108 valence electrons. The molecule has 2 nitrogen and oxygen atoms in total. The minimum atomic E-state index is -0.565. The Hall–Kier alpha value is -1.35. The second kappa shape index (κ2) is 7.44. The summed E-state index contributed by atoms with van der Waals surface area (Å²) in [5.41, 5.74) is 10.7. The quantitative estimate of drug-likeness (QED) is 0.908. The van der Waals surface area contributed by atoms with Gasteiger partial charge in [-0.05, 0) is 36.1 Å². The fraction of sp³-hybridized carbons (Fsp3) is 0.294. The molecule has 2 atom stereocenters. The first-order chi connectivity index (χ1) is 9.08. The number of aryl methyl sites for hydroxylation is 2. The second-order valence-corrected chi connectivity index (χ2v) is 5.13. The van der Waals surface area contributed by atoms with Crippen LogP contribution >= 0.6 is 12.4 Å². The van der Waals surface area contributed by atoms with Gasteiger partial charge in [-0.3, -0.25) is 0 Å². The van der Waals surface area contributed by atoms with Gasteiger partial charge in [0.15, 0.2) is 0 Å². The fourth-order valence-corrected chi connectivity index (χ4v) is 2.18. The van der Waals surface area contributed by atoms with Crippen molar-refractivity contribution in [1.82, 2.24) is 0 Å². The molecule has 0 radical (unpaired) electrons. The van der Waals surface area contributed by atoms with E-state index in [9.17, 15) is 5.11 Å². The Kier molecular flexibility index (Phi) is 6.21. The van der Waals surface area contributed by atoms with E-state index in [0.29, 0.717) is 6.42 Å². The molecule has 0 aliphatic carbocycles. The van der Waals surface area contributed by atoms with Crippen molar-refractivity contribution in [3.05, 3.63) is 70.8 Å². The lowest BCUT2D eigenvalue weighted by atomic mass is 9.94. The molecule has 0 unspecified atom stereocenters. The van der Waals surface area contributed by atoms with Crippen molar-refractivity contribution in [2.45, 2.75) is 32.4 Å². The molecule has 0 aromatic heterocycles. The van der Waals surface area contributed by atoms with E-state index in [1.165, 1.54) is 11.1 Å². The first kappa shape index (κ1) is 16.7. The second-order valence-electron chi connectivity index (χ2n) is 5.13. The maximum absolute atomic E-state index is 10.3. The Morgan fingerprint density at radius 1 is 1.00 bits per heavy atom. The van der Waals surface area contributed by atoms with E-state index in [4.69, 9.17) is 5.73 Å². The molecule has 2 aromatic rings. The van der Waals surface area contributed by atoms with Crippen molar-refractivity contribution in [3.8, 4) is 0 Å². The molecule has 3 heteroatoms. The average molecular weight is 292 g/mol. The van der Waals surface area contributed by atoms with Gasteiger partial charge >= 0.3 is 0 Å². The van der Waals surface area contributed by atoms with Crippen molar-refractivity contribution >= 4 is 12.4 Å². The summed E-state index contributed by atoms with van der Waals surface area (Å²) in [6, 6.07) is 15.7. The SMILES string of the molecule is Cc1ccc([C@H](N)[C@H](O)Cc2ccccc2)cc1C.Cl. The van der Waals surface area contributed by atoms with E-state index < -0.39 is 6.10 Å². The molecule has 0 saturated heterocycles. The zero-order chi connectivity index (χ0) is 13.8. The highest BCUT2D eigenvalue weighted by atomic mass is 35.5. The van der Waals surface area contributed by atoms with Crippen molar-refractivity contribution in [3.63, 3.8) is 0 Å². The summed E-state index contributed by atoms with van der Waals surface area (Å²) < 4.78 is 0. The third kappa shape index (κ3) is 4.07. The number of hydrogen-bond acceptors (Lipinski definition) is 2. The molecule has 0 amide bonds. The monoisotopic (exact) mass is 291 g/mol. The van der Waals surface area contributed by atoms with E-state index in [2.05, 4.69) is 26.0 Å². The fourth-order valence-electron chi connectivity index (χ4n) is 2.18. The van der Waals surface area contributed by atoms with Crippen LogP contribution in [0.3, 0.4) is 0 Å². The lowest BCUT2D eigenvalue weighted by Crippen LogP contribution is -2.28. The molecule has 0 saturated carbocycles. The van der Waals surface area contributed by atoms with Crippen LogP contribution in [0.25, 0.3) is 0 Å². The first-order valence-electron chi connectivity index (χ1n) is 6.62. The van der Waals surface area contributed by atoms with Crippen LogP contribution in [0.5, 0.6) is 0 Å². The third-order valence-electron chi connectivity index (χ3n) is 3.62. The van der Waals surface area contributed by atoms with E-state index >= 15 is 0 Å². The molecular weight excluding hydrogens is 270 g/mol. The van der Waals surface area contributed by atoms with E-state index in [0.717, 1.165) is 11.1 Å². The summed E-state index contributed by atoms with van der Waals surface area (Å²) in [6.45, 7) is 4.14. The molecule has 3 N–H and O–H groups in total. The molecule has 0 aliphatic heterocycles. The Balaban J connectivity index is 0.00000200. The van der Waals surface area contributed by atoms with Crippen molar-refractivity contribution in [2.75, 3.05) is 0 Å². The lowest BCUT2D eigenvalue weighted by molar-refractivity contribution is 0.145. The molecular formula is C17H22ClNO. The molecule has 2 aromatic carbocycles. The standard InChI is InChI=1S/C17H21NO.ClH/c1-12-8-9-15(10-13(12)2)17(18)16(19)11-14-6-4-3-5-7-14;/h3-10,16-17,19H,11,18H2,1-2H3;1H/t16-,17+;/m1./s1. The van der Waals surface area contributed by atoms with Crippen LogP contribution in [0.15, 0.2) is 48.5 Å². The molecule has 20 heavy (non-hydrogen) atoms. The summed E-state index contributed by atoms with van der Waals surface area (Å²) >= 11 is 0. The van der Waals surface area contributed by atoms with Crippen LogP contribution in [-0.4, -0.2) is 11.2 Å². The first-order valence-corrected chi connectivity index (χ1v) is 6.62. The lowest BCUT2D eigenvalue weighted by Gasteiger charge is -2.20. The van der Waals surface area contributed by atoms with Gasteiger partial charge in [0.2, 0.25) is 0 Å². The zero-order valence-corrected chi connectivity index (χ0v) is 12.7. The van der Waals surface area contributed by atoms with Crippen LogP contribution < -0.4 is 5.73 Å². The molecule has 0 aliphatic rings. The zero-order valence-electron chi connectivity index (χ0n) is 11.9. The number of aliphatic hydroxyl groups is 1. The summed E-state index contributed by atoms with van der Waals surface area (Å²) in [4.78, 5) is 0. The largest absolute Gasteiger partial charge is 0.391 e. The number of halogens is 1. The van der Waals surface area contributed by atoms with E-state index in [-0.39, 0.29) is 18.4 Å². The summed E-state index contributed by atoms with van der Waals surface area (Å²) in [5.74, 6) is 0. The Bertz CT molecular complexity index is 542. The van der Waals surface area contributed by atoms with Crippen molar-refractivity contribution in [1.29, 1.82) is 0 Å². The van der Waals surface area contributed by atoms with Gasteiger partial charge in [-0.1, -0.05) is 48.5 Å². The normalized spacial score (nSPS) is 13.4. The highest BCUT2D eigenvalue weighted by molar-refractivity contribution is 5.85. The summed E-state index contributed by atoms with van der Waals surface area (Å²) in [6.07, 6.45) is 0.0130. The Labute approximate surface area is 127 Å². The van der Waals surface area contributed by atoms with Crippen LogP contribution in [-0.2, 0) is 6.42 Å². The number of aliphatic hydroxyl groups excluding tert-OH is 1. The predicted molar refractivity (Wildman–Crippen MR) is 86.2 cm³/mol. The minimum Gasteiger partial charge on any atom is -0.391 e. The highest BCUT2D eigenvalue weighted by Gasteiger charge is 2.17. The van der Waals surface area contributed by atoms with Gasteiger partial charge in [-0.2, -0.15) is 0 Å². The van der Waals surface area contributed by atoms with Gasteiger partial charge in [0, 0.05) is 6.42 Å². The smallest absolute Gasteiger partial charge is 0.0773 e. The van der Waals surface area contributed by atoms with Gasteiger partial charge in [-0.25, -0.2) is 0 Å². The minimum absolute atomic E-state index is 0. The maximum Gasteiger partial charge on any atom is 0.0773 e. The van der Waals surface area contributed by atoms with E-state index in [1.54, 1.807) is 0 Å². The number of benzene rings is 2. The van der Waals surface area contributed by atoms with Crippen LogP contribution in [0.4, 0.5) is 0 Å². The summed E-state index contributed by atoms with van der Waals surface area (Å²) in [7, 11) is 0. The Morgan fingerprint density at radius 3 is 2.25 bits per heavy atom. The van der Waals surface area contributed by atoms with Gasteiger partial charge in [0.1, 0.15) is 0 Å². The summed E-state index contributed by atoms with van der Waals surface area (Å²) in [5, 5.41) is 10.3. The van der Waals surface area contributed by atoms with E-state index in [1.807, 2.05) is 36.4 Å². The third-order valence-corrected chi connectivity index (χ3v) is 3.62. The molecule has 0 spiro atoms. The topological polar surface area (TPSA) is 46.2 Å². The maximum atomic E-state index is 10.3. The molecule has 0 bridgehead atoms. The average Bonchev–Trinajstić information content (AvgIpc) is 2.42. The van der Waals surface area contributed by atoms with Gasteiger partial charge in [-0.15, -0.1) is 12.4 Å². The van der Waals surface area contributed by atoms with Crippen LogP contribution in [0.2, 0.25) is 0 Å². The van der Waals surface area contributed by atoms with Crippen LogP contribution in [0.1, 0.15) is 28.3 Å².